The number of rotatable bonds is 3. The van der Waals surface area contributed by atoms with E-state index in [9.17, 15) is 4.79 Å². The predicted octanol–water partition coefficient (Wildman–Crippen LogP) is 3.84. The van der Waals surface area contributed by atoms with Crippen molar-refractivity contribution in [3.05, 3.63) is 64.8 Å². The van der Waals surface area contributed by atoms with Gasteiger partial charge in [0.1, 0.15) is 6.54 Å². The maximum absolute atomic E-state index is 12.6. The van der Waals surface area contributed by atoms with Crippen molar-refractivity contribution in [2.24, 2.45) is 0 Å². The fourth-order valence-electron chi connectivity index (χ4n) is 2.99. The van der Waals surface area contributed by atoms with Gasteiger partial charge in [0.25, 0.3) is 0 Å². The van der Waals surface area contributed by atoms with Gasteiger partial charge in [0.05, 0.1) is 11.7 Å². The third kappa shape index (κ3) is 2.47. The van der Waals surface area contributed by atoms with E-state index in [4.69, 9.17) is 0 Å². The maximum Gasteiger partial charge on any atom is 0.184 e. The van der Waals surface area contributed by atoms with Crippen LogP contribution in [0.15, 0.2) is 42.6 Å². The Morgan fingerprint density at radius 3 is 2.48 bits per heavy atom. The van der Waals surface area contributed by atoms with Gasteiger partial charge in [0.2, 0.25) is 0 Å². The molecular weight excluding hydrogens is 260 g/mol. The molecule has 0 atom stereocenters. The van der Waals surface area contributed by atoms with E-state index >= 15 is 0 Å². The number of aryl methyl sites for hydroxylation is 3. The Balaban J connectivity index is 1.97. The van der Waals surface area contributed by atoms with Crippen molar-refractivity contribution in [3.63, 3.8) is 0 Å². The summed E-state index contributed by atoms with van der Waals surface area (Å²) in [6.07, 6.45) is 1.80. The minimum absolute atomic E-state index is 0.110. The largest absolute Gasteiger partial charge is 0.292 e. The summed E-state index contributed by atoms with van der Waals surface area (Å²) in [5, 5.41) is 5.39. The van der Waals surface area contributed by atoms with Crippen molar-refractivity contribution in [1.29, 1.82) is 0 Å². The molecule has 0 aliphatic heterocycles. The van der Waals surface area contributed by atoms with E-state index < -0.39 is 0 Å². The highest BCUT2D eigenvalue weighted by molar-refractivity contribution is 5.99. The fraction of sp³-hybridized carbons (Fsp3) is 0.222. The molecule has 1 heterocycles. The number of ketones is 1. The fourth-order valence-corrected chi connectivity index (χ4v) is 2.99. The highest BCUT2D eigenvalue weighted by Crippen LogP contribution is 2.19. The molecule has 3 rings (SSSR count). The van der Waals surface area contributed by atoms with Crippen LogP contribution in [0.1, 0.15) is 27.0 Å². The van der Waals surface area contributed by atoms with E-state index in [1.165, 1.54) is 5.56 Å². The number of benzene rings is 2. The molecule has 0 aliphatic carbocycles. The zero-order valence-electron chi connectivity index (χ0n) is 12.6. The van der Waals surface area contributed by atoms with Gasteiger partial charge in [-0.2, -0.15) is 5.10 Å². The van der Waals surface area contributed by atoms with Crippen molar-refractivity contribution in [2.45, 2.75) is 27.3 Å². The summed E-state index contributed by atoms with van der Waals surface area (Å²) in [6.45, 7) is 6.32. The van der Waals surface area contributed by atoms with Gasteiger partial charge in [-0.15, -0.1) is 0 Å². The number of para-hydroxylation sites is 1. The van der Waals surface area contributed by atoms with Crippen molar-refractivity contribution >= 4 is 16.7 Å². The summed E-state index contributed by atoms with van der Waals surface area (Å²) in [4.78, 5) is 12.6. The van der Waals surface area contributed by atoms with Gasteiger partial charge in [0.15, 0.2) is 5.78 Å². The van der Waals surface area contributed by atoms with Crippen LogP contribution in [0.5, 0.6) is 0 Å². The summed E-state index contributed by atoms with van der Waals surface area (Å²) >= 11 is 0. The van der Waals surface area contributed by atoms with Crippen molar-refractivity contribution < 1.29 is 4.79 Å². The Labute approximate surface area is 124 Å². The smallest absolute Gasteiger partial charge is 0.184 e. The molecule has 3 heteroatoms. The number of carbonyl (C=O) groups is 1. The van der Waals surface area contributed by atoms with Gasteiger partial charge in [0, 0.05) is 10.9 Å². The van der Waals surface area contributed by atoms with Crippen LogP contribution in [0.25, 0.3) is 10.9 Å². The van der Waals surface area contributed by atoms with Crippen LogP contribution >= 0.6 is 0 Å². The lowest BCUT2D eigenvalue weighted by atomic mass is 9.96. The third-order valence-electron chi connectivity index (χ3n) is 3.80. The molecule has 0 bridgehead atoms. The van der Waals surface area contributed by atoms with Crippen molar-refractivity contribution in [1.82, 2.24) is 9.78 Å². The van der Waals surface area contributed by atoms with Crippen LogP contribution in [-0.4, -0.2) is 15.6 Å². The average Bonchev–Trinajstić information content (AvgIpc) is 2.81. The normalized spacial score (nSPS) is 11.0. The van der Waals surface area contributed by atoms with Gasteiger partial charge in [-0.1, -0.05) is 35.9 Å². The highest BCUT2D eigenvalue weighted by atomic mass is 16.1. The number of Topliss-reactive ketones (excluding diaryl/α,β-unsaturated/α-hetero) is 1. The SMILES string of the molecule is Cc1cc(C)c(C(=O)Cn2ncc3ccccc32)c(C)c1. The summed E-state index contributed by atoms with van der Waals surface area (Å²) < 4.78 is 1.77. The lowest BCUT2D eigenvalue weighted by Crippen LogP contribution is -2.14. The van der Waals surface area contributed by atoms with Crippen LogP contribution in [-0.2, 0) is 6.54 Å². The summed E-state index contributed by atoms with van der Waals surface area (Å²) in [7, 11) is 0. The number of aromatic nitrogens is 2. The van der Waals surface area contributed by atoms with Crippen LogP contribution in [0, 0.1) is 20.8 Å². The topological polar surface area (TPSA) is 34.9 Å². The molecule has 2 aromatic carbocycles. The summed E-state index contributed by atoms with van der Waals surface area (Å²) in [5.74, 6) is 0.110. The van der Waals surface area contributed by atoms with Crippen LogP contribution in [0.3, 0.4) is 0 Å². The van der Waals surface area contributed by atoms with E-state index in [1.807, 2.05) is 38.1 Å². The summed E-state index contributed by atoms with van der Waals surface area (Å²) in [6, 6.07) is 12.1. The lowest BCUT2D eigenvalue weighted by Gasteiger charge is -2.11. The standard InChI is InChI=1S/C18H18N2O/c1-12-8-13(2)18(14(3)9-12)17(21)11-20-16-7-5-4-6-15(16)10-19-20/h4-10H,11H2,1-3H3. The van der Waals surface area contributed by atoms with Crippen molar-refractivity contribution in [3.8, 4) is 0 Å². The first-order valence-electron chi connectivity index (χ1n) is 7.08. The molecule has 106 valence electrons. The number of nitrogens with zero attached hydrogens (tertiary/aromatic N) is 2. The molecular formula is C18H18N2O. The average molecular weight is 278 g/mol. The first kappa shape index (κ1) is 13.6. The van der Waals surface area contributed by atoms with Gasteiger partial charge in [-0.3, -0.25) is 9.48 Å². The maximum atomic E-state index is 12.6. The Morgan fingerprint density at radius 1 is 1.10 bits per heavy atom. The lowest BCUT2D eigenvalue weighted by molar-refractivity contribution is 0.0968. The van der Waals surface area contributed by atoms with Gasteiger partial charge >= 0.3 is 0 Å². The minimum Gasteiger partial charge on any atom is -0.292 e. The van der Waals surface area contributed by atoms with E-state index in [2.05, 4.69) is 24.2 Å². The molecule has 0 radical (unpaired) electrons. The van der Waals surface area contributed by atoms with E-state index in [-0.39, 0.29) is 12.3 Å². The first-order chi connectivity index (χ1) is 10.1. The molecule has 0 fully saturated rings. The Hall–Kier alpha value is -2.42. The molecule has 0 amide bonds. The molecule has 1 aromatic heterocycles. The minimum atomic E-state index is 0.110. The Bertz CT molecular complexity index is 807. The predicted molar refractivity (Wildman–Crippen MR) is 84.7 cm³/mol. The van der Waals surface area contributed by atoms with Gasteiger partial charge in [-0.05, 0) is 38.0 Å². The third-order valence-corrected chi connectivity index (χ3v) is 3.80. The van der Waals surface area contributed by atoms with E-state index in [0.717, 1.165) is 27.6 Å². The van der Waals surface area contributed by atoms with Crippen LogP contribution in [0.2, 0.25) is 0 Å². The molecule has 3 aromatic rings. The number of carbonyl (C=O) groups excluding carboxylic acids is 1. The zero-order valence-corrected chi connectivity index (χ0v) is 12.6. The van der Waals surface area contributed by atoms with Crippen molar-refractivity contribution in [2.75, 3.05) is 0 Å². The second-order valence-electron chi connectivity index (χ2n) is 5.56. The Kier molecular flexibility index (Phi) is 3.34. The molecule has 0 aliphatic rings. The zero-order chi connectivity index (χ0) is 15.0. The second kappa shape index (κ2) is 5.17. The monoisotopic (exact) mass is 278 g/mol. The second-order valence-corrected chi connectivity index (χ2v) is 5.56. The highest BCUT2D eigenvalue weighted by Gasteiger charge is 2.14. The molecule has 0 spiro atoms. The Morgan fingerprint density at radius 2 is 1.76 bits per heavy atom. The number of fused-ring (bicyclic) bond motifs is 1. The summed E-state index contributed by atoms with van der Waals surface area (Å²) in [5.41, 5.74) is 5.07. The molecule has 21 heavy (non-hydrogen) atoms. The molecule has 0 unspecified atom stereocenters. The number of hydrogen-bond donors (Lipinski definition) is 0. The molecule has 0 saturated carbocycles. The van der Waals surface area contributed by atoms with Gasteiger partial charge < -0.3 is 0 Å². The number of hydrogen-bond acceptors (Lipinski definition) is 2. The van der Waals surface area contributed by atoms with Crippen LogP contribution in [0.4, 0.5) is 0 Å². The van der Waals surface area contributed by atoms with E-state index in [0.29, 0.717) is 0 Å². The van der Waals surface area contributed by atoms with Gasteiger partial charge in [-0.25, -0.2) is 0 Å². The quantitative estimate of drug-likeness (QED) is 0.682. The molecule has 0 saturated heterocycles. The molecule has 0 N–H and O–H groups in total. The molecule has 3 nitrogen and oxygen atoms in total. The first-order valence-corrected chi connectivity index (χ1v) is 7.08. The van der Waals surface area contributed by atoms with E-state index in [1.54, 1.807) is 10.9 Å². The van der Waals surface area contributed by atoms with Crippen LogP contribution < -0.4 is 0 Å².